The van der Waals surface area contributed by atoms with Gasteiger partial charge in [-0.15, -0.1) is 0 Å². The molecule has 2 unspecified atom stereocenters. The Kier molecular flexibility index (Phi) is 7.76. The van der Waals surface area contributed by atoms with Gasteiger partial charge in [0.15, 0.2) is 0 Å². The molecular weight excluding hydrogens is 318 g/mol. The van der Waals surface area contributed by atoms with Crippen LogP contribution in [0, 0.1) is 5.92 Å². The lowest BCUT2D eigenvalue weighted by Gasteiger charge is -2.30. The quantitative estimate of drug-likeness (QED) is 0.660. The number of carbonyl (C=O) groups excluding carboxylic acids is 1. The number of ether oxygens (including phenoxy) is 1. The number of rotatable bonds is 9. The molecule has 1 saturated carbocycles. The van der Waals surface area contributed by atoms with E-state index in [9.17, 15) is 9.59 Å². The van der Waals surface area contributed by atoms with Gasteiger partial charge in [-0.25, -0.2) is 0 Å². The van der Waals surface area contributed by atoms with E-state index in [1.54, 1.807) is 0 Å². The van der Waals surface area contributed by atoms with E-state index in [1.807, 2.05) is 18.2 Å². The van der Waals surface area contributed by atoms with Crippen molar-refractivity contribution in [1.82, 2.24) is 0 Å². The first-order chi connectivity index (χ1) is 12.1. The van der Waals surface area contributed by atoms with Crippen LogP contribution in [0.1, 0.15) is 56.9 Å². The molecule has 2 rings (SSSR count). The summed E-state index contributed by atoms with van der Waals surface area (Å²) in [6.07, 6.45) is 7.93. The van der Waals surface area contributed by atoms with Crippen LogP contribution in [0.2, 0.25) is 0 Å². The second-order valence-corrected chi connectivity index (χ2v) is 6.94. The Morgan fingerprint density at radius 3 is 2.88 bits per heavy atom. The fourth-order valence-corrected chi connectivity index (χ4v) is 3.63. The van der Waals surface area contributed by atoms with E-state index in [-0.39, 0.29) is 12.4 Å². The molecule has 0 bridgehead atoms. The Labute approximate surface area is 149 Å². The van der Waals surface area contributed by atoms with Crippen molar-refractivity contribution >= 4 is 17.6 Å². The molecule has 25 heavy (non-hydrogen) atoms. The van der Waals surface area contributed by atoms with Crippen molar-refractivity contribution in [2.45, 2.75) is 63.8 Å². The van der Waals surface area contributed by atoms with Crippen molar-refractivity contribution in [3.63, 3.8) is 0 Å². The smallest absolute Gasteiger partial charge is 0.305 e. The number of carboxylic acid groups (broad SMARTS) is 1. The molecular formula is C20H29NO4. The maximum absolute atomic E-state index is 11.2. The fourth-order valence-electron chi connectivity index (χ4n) is 3.63. The third-order valence-electron chi connectivity index (χ3n) is 4.93. The monoisotopic (exact) mass is 347 g/mol. The van der Waals surface area contributed by atoms with E-state index in [4.69, 9.17) is 9.84 Å². The van der Waals surface area contributed by atoms with Crippen molar-refractivity contribution in [3.05, 3.63) is 29.8 Å². The van der Waals surface area contributed by atoms with Gasteiger partial charge in [0.1, 0.15) is 0 Å². The number of aliphatic carboxylic acids is 1. The summed E-state index contributed by atoms with van der Waals surface area (Å²) in [6.45, 7) is 0. The summed E-state index contributed by atoms with van der Waals surface area (Å²) >= 11 is 0. The highest BCUT2D eigenvalue weighted by Crippen LogP contribution is 2.30. The molecule has 1 aromatic carbocycles. The normalized spacial score (nSPS) is 20.0. The molecule has 0 radical (unpaired) electrons. The van der Waals surface area contributed by atoms with Crippen LogP contribution in [0.5, 0.6) is 0 Å². The van der Waals surface area contributed by atoms with Crippen molar-refractivity contribution in [2.75, 3.05) is 12.4 Å². The Bertz CT molecular complexity index is 573. The van der Waals surface area contributed by atoms with Crippen molar-refractivity contribution in [1.29, 1.82) is 0 Å². The van der Waals surface area contributed by atoms with E-state index >= 15 is 0 Å². The predicted octanol–water partition coefficient (Wildman–Crippen LogP) is 4.02. The number of methoxy groups -OCH3 is 1. The average Bonchev–Trinajstić information content (AvgIpc) is 2.60. The van der Waals surface area contributed by atoms with Gasteiger partial charge in [-0.1, -0.05) is 25.0 Å². The van der Waals surface area contributed by atoms with Gasteiger partial charge < -0.3 is 15.2 Å². The minimum absolute atomic E-state index is 0.122. The van der Waals surface area contributed by atoms with Gasteiger partial charge in [-0.3, -0.25) is 9.59 Å². The molecule has 2 N–H and O–H groups in total. The fraction of sp³-hybridized carbons (Fsp3) is 0.600. The first kappa shape index (κ1) is 19.3. The van der Waals surface area contributed by atoms with Crippen LogP contribution in [0.25, 0.3) is 0 Å². The van der Waals surface area contributed by atoms with Gasteiger partial charge in [-0.05, 0) is 55.7 Å². The number of aryl methyl sites for hydroxylation is 1. The predicted molar refractivity (Wildman–Crippen MR) is 97.6 cm³/mol. The highest BCUT2D eigenvalue weighted by Gasteiger charge is 2.22. The average molecular weight is 347 g/mol. The van der Waals surface area contributed by atoms with Crippen LogP contribution < -0.4 is 5.32 Å². The van der Waals surface area contributed by atoms with Gasteiger partial charge >= 0.3 is 11.9 Å². The van der Waals surface area contributed by atoms with E-state index in [2.05, 4.69) is 11.4 Å². The summed E-state index contributed by atoms with van der Waals surface area (Å²) in [4.78, 5) is 21.9. The zero-order valence-electron chi connectivity index (χ0n) is 15.0. The third-order valence-corrected chi connectivity index (χ3v) is 4.93. The summed E-state index contributed by atoms with van der Waals surface area (Å²) in [7, 11) is 1.44. The highest BCUT2D eigenvalue weighted by atomic mass is 16.5. The molecule has 5 nitrogen and oxygen atoms in total. The first-order valence-electron chi connectivity index (χ1n) is 9.21. The number of carboxylic acids is 1. The molecule has 5 heteroatoms. The lowest BCUT2D eigenvalue weighted by molar-refractivity contribution is -0.141. The van der Waals surface area contributed by atoms with Crippen LogP contribution >= 0.6 is 0 Å². The molecule has 0 aliphatic heterocycles. The van der Waals surface area contributed by atoms with Gasteiger partial charge in [0.2, 0.25) is 0 Å². The topological polar surface area (TPSA) is 75.6 Å². The van der Waals surface area contributed by atoms with Gasteiger partial charge in [0.25, 0.3) is 0 Å². The number of carbonyl (C=O) groups is 2. The van der Waals surface area contributed by atoms with Crippen LogP contribution in [0.3, 0.4) is 0 Å². The van der Waals surface area contributed by atoms with Gasteiger partial charge in [0.05, 0.1) is 7.11 Å². The second-order valence-electron chi connectivity index (χ2n) is 6.94. The summed E-state index contributed by atoms with van der Waals surface area (Å²) < 4.78 is 4.70. The Balaban J connectivity index is 1.80. The van der Waals surface area contributed by atoms with E-state index in [1.165, 1.54) is 20.0 Å². The molecule has 1 fully saturated rings. The minimum atomic E-state index is -0.763. The molecule has 2 atom stereocenters. The lowest BCUT2D eigenvalue weighted by atomic mass is 9.82. The molecule has 0 heterocycles. The summed E-state index contributed by atoms with van der Waals surface area (Å²) in [6, 6.07) is 8.52. The molecule has 1 aromatic rings. The minimum Gasteiger partial charge on any atom is -0.481 e. The summed E-state index contributed by atoms with van der Waals surface area (Å²) in [5.74, 6) is -0.227. The number of benzene rings is 1. The van der Waals surface area contributed by atoms with Gasteiger partial charge in [-0.2, -0.15) is 0 Å². The molecule has 0 spiro atoms. The van der Waals surface area contributed by atoms with Crippen LogP contribution in [-0.4, -0.2) is 30.2 Å². The Morgan fingerprint density at radius 2 is 2.12 bits per heavy atom. The Hall–Kier alpha value is -2.04. The molecule has 1 aliphatic carbocycles. The number of hydrogen-bond acceptors (Lipinski definition) is 4. The molecule has 0 aromatic heterocycles. The standard InChI is InChI=1S/C20H29NO4/c1-25-20(24)10-4-7-15-5-2-8-17(13-15)21-18-9-3-6-16(14-18)11-12-19(22)23/h3,6,9,14-15,17,21H,2,4-5,7-8,10-13H2,1H3,(H,22,23). The second kappa shape index (κ2) is 10.1. The van der Waals surface area contributed by atoms with Crippen LogP contribution in [0.4, 0.5) is 5.69 Å². The summed E-state index contributed by atoms with van der Waals surface area (Å²) in [5, 5.41) is 12.4. The van der Waals surface area contributed by atoms with Crippen molar-refractivity contribution in [3.8, 4) is 0 Å². The zero-order valence-corrected chi connectivity index (χ0v) is 15.0. The van der Waals surface area contributed by atoms with Crippen molar-refractivity contribution in [2.24, 2.45) is 5.92 Å². The first-order valence-corrected chi connectivity index (χ1v) is 9.21. The summed E-state index contributed by atoms with van der Waals surface area (Å²) in [5.41, 5.74) is 2.13. The lowest BCUT2D eigenvalue weighted by Crippen LogP contribution is -2.27. The van der Waals surface area contributed by atoms with E-state index in [0.29, 0.717) is 24.8 Å². The van der Waals surface area contributed by atoms with E-state index in [0.717, 1.165) is 36.9 Å². The van der Waals surface area contributed by atoms with Crippen molar-refractivity contribution < 1.29 is 19.4 Å². The molecule has 1 aliphatic rings. The number of anilines is 1. The Morgan fingerprint density at radius 1 is 1.28 bits per heavy atom. The number of hydrogen-bond donors (Lipinski definition) is 2. The highest BCUT2D eigenvalue weighted by molar-refractivity contribution is 5.69. The molecule has 0 amide bonds. The largest absolute Gasteiger partial charge is 0.481 e. The SMILES string of the molecule is COC(=O)CCCC1CCCC(Nc2cccc(CCC(=O)O)c2)C1. The maximum atomic E-state index is 11.2. The van der Waals surface area contributed by atoms with Crippen LogP contribution in [0.15, 0.2) is 24.3 Å². The van der Waals surface area contributed by atoms with Crippen LogP contribution in [-0.2, 0) is 20.7 Å². The number of esters is 1. The maximum Gasteiger partial charge on any atom is 0.305 e. The molecule has 138 valence electrons. The third kappa shape index (κ3) is 7.16. The zero-order chi connectivity index (χ0) is 18.1. The number of nitrogens with one attached hydrogen (secondary N) is 1. The van der Waals surface area contributed by atoms with Gasteiger partial charge in [0, 0.05) is 24.6 Å². The molecule has 0 saturated heterocycles. The van der Waals surface area contributed by atoms with E-state index < -0.39 is 5.97 Å².